The van der Waals surface area contributed by atoms with Crippen molar-refractivity contribution in [1.82, 2.24) is 10.3 Å². The van der Waals surface area contributed by atoms with Gasteiger partial charge in [-0.3, -0.25) is 4.79 Å². The van der Waals surface area contributed by atoms with Gasteiger partial charge in [-0.05, 0) is 55.7 Å². The summed E-state index contributed by atoms with van der Waals surface area (Å²) in [5.74, 6) is 1.07. The lowest BCUT2D eigenvalue weighted by atomic mass is 9.85. The highest BCUT2D eigenvalue weighted by molar-refractivity contribution is 7.22. The van der Waals surface area contributed by atoms with Gasteiger partial charge in [0, 0.05) is 25.0 Å². The maximum Gasteiger partial charge on any atom is 0.223 e. The van der Waals surface area contributed by atoms with Gasteiger partial charge < -0.3 is 10.2 Å². The van der Waals surface area contributed by atoms with Gasteiger partial charge in [0.2, 0.25) is 5.91 Å². The molecule has 1 aliphatic carbocycles. The van der Waals surface area contributed by atoms with Crippen molar-refractivity contribution in [3.8, 4) is 0 Å². The third-order valence-electron chi connectivity index (χ3n) is 6.43. The smallest absolute Gasteiger partial charge is 0.223 e. The van der Waals surface area contributed by atoms with Crippen molar-refractivity contribution in [2.24, 2.45) is 11.8 Å². The molecule has 0 unspecified atom stereocenters. The quantitative estimate of drug-likeness (QED) is 0.824. The van der Waals surface area contributed by atoms with Gasteiger partial charge in [0.05, 0.1) is 10.2 Å². The van der Waals surface area contributed by atoms with Crippen LogP contribution in [0.15, 0.2) is 18.2 Å². The van der Waals surface area contributed by atoms with Crippen molar-refractivity contribution in [3.63, 3.8) is 0 Å². The minimum atomic E-state index is 0.163. The number of aromatic nitrogens is 1. The van der Waals surface area contributed by atoms with Crippen LogP contribution >= 0.6 is 11.3 Å². The summed E-state index contributed by atoms with van der Waals surface area (Å²) in [7, 11) is 0. The third-order valence-corrected chi connectivity index (χ3v) is 7.50. The molecule has 1 saturated heterocycles. The predicted octanol–water partition coefficient (Wildman–Crippen LogP) is 4.77. The molecule has 2 aliphatic rings. The lowest BCUT2D eigenvalue weighted by Gasteiger charge is -2.34. The van der Waals surface area contributed by atoms with Gasteiger partial charge in [-0.15, -0.1) is 0 Å². The molecule has 1 saturated carbocycles. The zero-order valence-electron chi connectivity index (χ0n) is 16.5. The van der Waals surface area contributed by atoms with Crippen molar-refractivity contribution in [3.05, 3.63) is 23.8 Å². The number of benzene rings is 1. The molecule has 0 spiro atoms. The van der Waals surface area contributed by atoms with E-state index in [1.165, 1.54) is 29.5 Å². The Hall–Kier alpha value is -1.62. The molecule has 1 amide bonds. The first-order valence-electron chi connectivity index (χ1n) is 10.6. The highest BCUT2D eigenvalue weighted by Gasteiger charge is 2.29. The summed E-state index contributed by atoms with van der Waals surface area (Å²) < 4.78 is 1.27. The standard InChI is InChI=1S/C22H31N3OS/c1-3-16-8-9-19-20(14-16)27-22(24-19)25-12-10-17(11-13-25)21(26)23-18-7-5-4-6-15(18)2/h8-9,14-15,17-18H,3-7,10-13H2,1-2H3,(H,23,26)/t15-,18+/m1/s1. The Balaban J connectivity index is 1.35. The lowest BCUT2D eigenvalue weighted by molar-refractivity contribution is -0.126. The van der Waals surface area contributed by atoms with E-state index in [-0.39, 0.29) is 11.8 Å². The van der Waals surface area contributed by atoms with E-state index in [0.717, 1.165) is 49.4 Å². The molecule has 146 valence electrons. The van der Waals surface area contributed by atoms with E-state index in [2.05, 4.69) is 42.3 Å². The van der Waals surface area contributed by atoms with Crippen LogP contribution in [0.4, 0.5) is 5.13 Å². The molecular weight excluding hydrogens is 354 g/mol. The molecule has 1 aromatic heterocycles. The Bertz CT molecular complexity index is 794. The normalized spacial score (nSPS) is 24.3. The van der Waals surface area contributed by atoms with E-state index in [1.54, 1.807) is 11.3 Å². The molecular formula is C22H31N3OS. The van der Waals surface area contributed by atoms with Crippen LogP contribution < -0.4 is 10.2 Å². The second-order valence-electron chi connectivity index (χ2n) is 8.29. The van der Waals surface area contributed by atoms with Gasteiger partial charge in [0.25, 0.3) is 0 Å². The van der Waals surface area contributed by atoms with Gasteiger partial charge in [0.1, 0.15) is 0 Å². The molecule has 0 radical (unpaired) electrons. The van der Waals surface area contributed by atoms with Crippen molar-refractivity contribution < 1.29 is 4.79 Å². The summed E-state index contributed by atoms with van der Waals surface area (Å²) in [6.07, 6.45) is 7.90. The fraction of sp³-hybridized carbons (Fsp3) is 0.636. The molecule has 2 fully saturated rings. The van der Waals surface area contributed by atoms with Crippen LogP contribution in [-0.2, 0) is 11.2 Å². The number of hydrogen-bond acceptors (Lipinski definition) is 4. The summed E-state index contributed by atoms with van der Waals surface area (Å²) >= 11 is 1.79. The van der Waals surface area contributed by atoms with Crippen LogP contribution in [0.5, 0.6) is 0 Å². The summed E-state index contributed by atoms with van der Waals surface area (Å²) in [4.78, 5) is 19.9. The van der Waals surface area contributed by atoms with Crippen molar-refractivity contribution in [2.75, 3.05) is 18.0 Å². The van der Waals surface area contributed by atoms with Crippen LogP contribution in [0.3, 0.4) is 0 Å². The van der Waals surface area contributed by atoms with E-state index in [0.29, 0.717) is 12.0 Å². The second-order valence-corrected chi connectivity index (χ2v) is 9.30. The van der Waals surface area contributed by atoms with Crippen LogP contribution in [0, 0.1) is 11.8 Å². The lowest BCUT2D eigenvalue weighted by Crippen LogP contribution is -2.46. The van der Waals surface area contributed by atoms with E-state index in [9.17, 15) is 4.79 Å². The number of aryl methyl sites for hydroxylation is 1. The largest absolute Gasteiger partial charge is 0.353 e. The fourth-order valence-corrected chi connectivity index (χ4v) is 5.56. The van der Waals surface area contributed by atoms with Crippen LogP contribution in [0.25, 0.3) is 10.2 Å². The van der Waals surface area contributed by atoms with Gasteiger partial charge in [-0.2, -0.15) is 0 Å². The number of fused-ring (bicyclic) bond motifs is 1. The molecule has 0 bridgehead atoms. The molecule has 4 rings (SSSR count). The summed E-state index contributed by atoms with van der Waals surface area (Å²) in [6, 6.07) is 6.97. The number of nitrogens with one attached hydrogen (secondary N) is 1. The van der Waals surface area contributed by atoms with E-state index in [4.69, 9.17) is 4.98 Å². The van der Waals surface area contributed by atoms with E-state index >= 15 is 0 Å². The maximum atomic E-state index is 12.7. The Kier molecular flexibility index (Phi) is 5.67. The molecule has 2 heterocycles. The fourth-order valence-electron chi connectivity index (χ4n) is 4.48. The van der Waals surface area contributed by atoms with E-state index < -0.39 is 0 Å². The van der Waals surface area contributed by atoms with Gasteiger partial charge in [-0.1, -0.05) is 44.1 Å². The van der Waals surface area contributed by atoms with Gasteiger partial charge in [0.15, 0.2) is 5.13 Å². The first kappa shape index (κ1) is 18.7. The number of amides is 1. The van der Waals surface area contributed by atoms with Gasteiger partial charge >= 0.3 is 0 Å². The summed E-state index contributed by atoms with van der Waals surface area (Å²) in [5.41, 5.74) is 2.46. The molecule has 5 heteroatoms. The van der Waals surface area contributed by atoms with Crippen molar-refractivity contribution in [2.45, 2.75) is 64.8 Å². The predicted molar refractivity (Wildman–Crippen MR) is 113 cm³/mol. The van der Waals surface area contributed by atoms with Crippen LogP contribution in [0.1, 0.15) is 57.9 Å². The SMILES string of the molecule is CCc1ccc2nc(N3CCC(C(=O)N[C@H]4CCCC[C@H]4C)CC3)sc2c1. The number of anilines is 1. The zero-order valence-corrected chi connectivity index (χ0v) is 17.4. The molecule has 2 aromatic rings. The second kappa shape index (κ2) is 8.17. The Labute approximate surface area is 166 Å². The minimum absolute atomic E-state index is 0.163. The monoisotopic (exact) mass is 385 g/mol. The number of rotatable bonds is 4. The Morgan fingerprint density at radius 1 is 1.22 bits per heavy atom. The van der Waals surface area contributed by atoms with Crippen LogP contribution in [-0.4, -0.2) is 30.0 Å². The summed E-state index contributed by atoms with van der Waals surface area (Å²) in [6.45, 7) is 6.33. The van der Waals surface area contributed by atoms with E-state index in [1.807, 2.05) is 0 Å². The average molecular weight is 386 g/mol. The Morgan fingerprint density at radius 2 is 2.00 bits per heavy atom. The highest BCUT2D eigenvalue weighted by Crippen LogP contribution is 2.32. The number of carbonyl (C=O) groups is 1. The molecule has 4 nitrogen and oxygen atoms in total. The molecule has 1 N–H and O–H groups in total. The summed E-state index contributed by atoms with van der Waals surface area (Å²) in [5, 5.41) is 4.47. The number of carbonyl (C=O) groups excluding carboxylic acids is 1. The Morgan fingerprint density at radius 3 is 2.74 bits per heavy atom. The van der Waals surface area contributed by atoms with Crippen molar-refractivity contribution >= 4 is 32.6 Å². The first-order valence-corrected chi connectivity index (χ1v) is 11.4. The molecule has 2 atom stereocenters. The van der Waals surface area contributed by atoms with Gasteiger partial charge in [-0.25, -0.2) is 4.98 Å². The van der Waals surface area contributed by atoms with Crippen LogP contribution in [0.2, 0.25) is 0 Å². The number of thiazole rings is 1. The third kappa shape index (κ3) is 4.13. The number of piperidine rings is 1. The van der Waals surface area contributed by atoms with Crippen molar-refractivity contribution in [1.29, 1.82) is 0 Å². The topological polar surface area (TPSA) is 45.2 Å². The zero-order chi connectivity index (χ0) is 18.8. The molecule has 1 aromatic carbocycles. The number of hydrogen-bond donors (Lipinski definition) is 1. The minimum Gasteiger partial charge on any atom is -0.353 e. The molecule has 27 heavy (non-hydrogen) atoms. The maximum absolute atomic E-state index is 12.7. The molecule has 1 aliphatic heterocycles. The highest BCUT2D eigenvalue weighted by atomic mass is 32.1. The number of nitrogens with zero attached hydrogens (tertiary/aromatic N) is 2. The first-order chi connectivity index (χ1) is 13.1. The average Bonchev–Trinajstić information content (AvgIpc) is 3.13.